The molecule has 0 bridgehead atoms. The van der Waals surface area contributed by atoms with E-state index in [-0.39, 0.29) is 29.8 Å². The van der Waals surface area contributed by atoms with Crippen LogP contribution in [0.25, 0.3) is 10.8 Å². The predicted octanol–water partition coefficient (Wildman–Crippen LogP) is 3.05. The van der Waals surface area contributed by atoms with Gasteiger partial charge in [-0.25, -0.2) is 4.68 Å². The second-order valence-corrected chi connectivity index (χ2v) is 7.38. The molecular weight excluding hydrogens is 334 g/mol. The Morgan fingerprint density at radius 1 is 1.20 bits per heavy atom. The number of fused-ring (bicyclic) bond motifs is 1. The molecular formula is C19H21N3O2S. The minimum atomic E-state index is -0.154. The summed E-state index contributed by atoms with van der Waals surface area (Å²) in [5, 5.41) is 10.7. The van der Waals surface area contributed by atoms with E-state index < -0.39 is 0 Å². The second kappa shape index (κ2) is 7.19. The van der Waals surface area contributed by atoms with Crippen molar-refractivity contribution in [3.8, 4) is 0 Å². The first-order valence-corrected chi connectivity index (χ1v) is 9.13. The summed E-state index contributed by atoms with van der Waals surface area (Å²) < 4.78 is 1.30. The predicted molar refractivity (Wildman–Crippen MR) is 101 cm³/mol. The first-order valence-electron chi connectivity index (χ1n) is 8.25. The molecule has 25 heavy (non-hydrogen) atoms. The van der Waals surface area contributed by atoms with Gasteiger partial charge in [0.05, 0.1) is 23.5 Å². The third-order valence-electron chi connectivity index (χ3n) is 4.19. The van der Waals surface area contributed by atoms with Crippen LogP contribution in [0.15, 0.2) is 46.6 Å². The Hall–Kier alpha value is -2.47. The fraction of sp³-hybridized carbons (Fsp3) is 0.316. The second-order valence-electron chi connectivity index (χ2n) is 6.40. The molecule has 0 spiro atoms. The third-order valence-corrected chi connectivity index (χ3v) is 5.15. The van der Waals surface area contributed by atoms with E-state index in [1.807, 2.05) is 35.7 Å². The standard InChI is InChI=1S/C19H21N3O2S/c1-12(2)18(16-9-6-10-25-16)20-17(23)11-15-13-7-4-5-8-14(13)19(24)22(3)21-15/h4-10,12,18H,11H2,1-3H3,(H,20,23). The van der Waals surface area contributed by atoms with E-state index in [0.29, 0.717) is 11.1 Å². The van der Waals surface area contributed by atoms with E-state index in [0.717, 1.165) is 10.3 Å². The summed E-state index contributed by atoms with van der Waals surface area (Å²) >= 11 is 1.64. The number of rotatable bonds is 5. The minimum absolute atomic E-state index is 0.0219. The van der Waals surface area contributed by atoms with Crippen LogP contribution in [0, 0.1) is 5.92 Å². The smallest absolute Gasteiger partial charge is 0.274 e. The summed E-state index contributed by atoms with van der Waals surface area (Å²) in [5.74, 6) is 0.191. The molecule has 3 rings (SSSR count). The Kier molecular flexibility index (Phi) is 4.99. The number of nitrogens with one attached hydrogen (secondary N) is 1. The summed E-state index contributed by atoms with van der Waals surface area (Å²) in [6.07, 6.45) is 0.142. The number of hydrogen-bond donors (Lipinski definition) is 1. The Labute approximate surface area is 150 Å². The maximum absolute atomic E-state index is 12.6. The number of carbonyl (C=O) groups is 1. The van der Waals surface area contributed by atoms with Gasteiger partial charge >= 0.3 is 0 Å². The lowest BCUT2D eigenvalue weighted by Crippen LogP contribution is -2.33. The van der Waals surface area contributed by atoms with Gasteiger partial charge in [-0.3, -0.25) is 9.59 Å². The van der Waals surface area contributed by atoms with Gasteiger partial charge in [-0.1, -0.05) is 38.1 Å². The largest absolute Gasteiger partial charge is 0.348 e. The van der Waals surface area contributed by atoms with E-state index >= 15 is 0 Å². The molecule has 0 radical (unpaired) electrons. The molecule has 0 aliphatic heterocycles. The molecule has 1 atom stereocenters. The van der Waals surface area contributed by atoms with Gasteiger partial charge < -0.3 is 5.32 Å². The van der Waals surface area contributed by atoms with Crippen LogP contribution in [0.4, 0.5) is 0 Å². The number of amides is 1. The molecule has 1 N–H and O–H groups in total. The first-order chi connectivity index (χ1) is 12.0. The van der Waals surface area contributed by atoms with Gasteiger partial charge in [-0.15, -0.1) is 11.3 Å². The molecule has 0 saturated heterocycles. The van der Waals surface area contributed by atoms with Crippen molar-refractivity contribution in [2.45, 2.75) is 26.3 Å². The average Bonchev–Trinajstić information content (AvgIpc) is 3.11. The molecule has 0 saturated carbocycles. The van der Waals surface area contributed by atoms with Gasteiger partial charge in [-0.2, -0.15) is 5.10 Å². The highest BCUT2D eigenvalue weighted by molar-refractivity contribution is 7.10. The fourth-order valence-corrected chi connectivity index (χ4v) is 3.87. The average molecular weight is 355 g/mol. The highest BCUT2D eigenvalue weighted by Crippen LogP contribution is 2.26. The number of aryl methyl sites for hydroxylation is 1. The lowest BCUT2D eigenvalue weighted by atomic mass is 10.0. The van der Waals surface area contributed by atoms with Crippen molar-refractivity contribution in [2.75, 3.05) is 0 Å². The topological polar surface area (TPSA) is 64.0 Å². The lowest BCUT2D eigenvalue weighted by molar-refractivity contribution is -0.121. The maximum Gasteiger partial charge on any atom is 0.274 e. The van der Waals surface area contributed by atoms with Gasteiger partial charge in [0.25, 0.3) is 5.56 Å². The molecule has 2 aromatic heterocycles. The fourth-order valence-electron chi connectivity index (χ4n) is 2.92. The van der Waals surface area contributed by atoms with Crippen molar-refractivity contribution in [1.82, 2.24) is 15.1 Å². The molecule has 1 amide bonds. The Morgan fingerprint density at radius 2 is 1.92 bits per heavy atom. The van der Waals surface area contributed by atoms with E-state index in [9.17, 15) is 9.59 Å². The molecule has 0 aliphatic carbocycles. The molecule has 0 fully saturated rings. The SMILES string of the molecule is CC(C)C(NC(=O)Cc1nn(C)c(=O)c2ccccc12)c1cccs1. The van der Waals surface area contributed by atoms with Gasteiger partial charge in [0.15, 0.2) is 0 Å². The molecule has 0 aliphatic rings. The van der Waals surface area contributed by atoms with Crippen molar-refractivity contribution in [1.29, 1.82) is 0 Å². The van der Waals surface area contributed by atoms with Gasteiger partial charge in [0.1, 0.15) is 0 Å². The van der Waals surface area contributed by atoms with Crippen LogP contribution in [-0.2, 0) is 18.3 Å². The molecule has 5 nitrogen and oxygen atoms in total. The lowest BCUT2D eigenvalue weighted by Gasteiger charge is -2.21. The maximum atomic E-state index is 12.6. The van der Waals surface area contributed by atoms with Crippen LogP contribution in [0.3, 0.4) is 0 Å². The summed E-state index contributed by atoms with van der Waals surface area (Å²) in [6, 6.07) is 11.3. The normalized spacial score (nSPS) is 12.5. The van der Waals surface area contributed by atoms with Crippen LogP contribution in [0.2, 0.25) is 0 Å². The zero-order valence-corrected chi connectivity index (χ0v) is 15.3. The summed E-state index contributed by atoms with van der Waals surface area (Å²) in [4.78, 5) is 26.0. The van der Waals surface area contributed by atoms with E-state index in [2.05, 4.69) is 24.3 Å². The van der Waals surface area contributed by atoms with Crippen LogP contribution in [-0.4, -0.2) is 15.7 Å². The van der Waals surface area contributed by atoms with E-state index in [4.69, 9.17) is 0 Å². The molecule has 130 valence electrons. The zero-order chi connectivity index (χ0) is 18.0. The van der Waals surface area contributed by atoms with E-state index in [1.54, 1.807) is 24.5 Å². The summed E-state index contributed by atoms with van der Waals surface area (Å²) in [6.45, 7) is 4.18. The number of nitrogens with zero attached hydrogens (tertiary/aromatic N) is 2. The molecule has 1 unspecified atom stereocenters. The third kappa shape index (κ3) is 3.64. The van der Waals surface area contributed by atoms with Crippen LogP contribution in [0.5, 0.6) is 0 Å². The van der Waals surface area contributed by atoms with Crippen molar-refractivity contribution < 1.29 is 4.79 Å². The van der Waals surface area contributed by atoms with Crippen molar-refractivity contribution in [2.24, 2.45) is 13.0 Å². The number of thiophene rings is 1. The van der Waals surface area contributed by atoms with Gasteiger partial charge in [0, 0.05) is 17.3 Å². The van der Waals surface area contributed by atoms with Crippen LogP contribution < -0.4 is 10.9 Å². The van der Waals surface area contributed by atoms with Gasteiger partial charge in [-0.05, 0) is 23.4 Å². The Bertz CT molecular complexity index is 945. The summed E-state index contributed by atoms with van der Waals surface area (Å²) in [5.41, 5.74) is 0.460. The van der Waals surface area contributed by atoms with Crippen molar-refractivity contribution in [3.05, 3.63) is 62.7 Å². The van der Waals surface area contributed by atoms with Gasteiger partial charge in [0.2, 0.25) is 5.91 Å². The molecule has 1 aromatic carbocycles. The first kappa shape index (κ1) is 17.4. The van der Waals surface area contributed by atoms with Crippen molar-refractivity contribution in [3.63, 3.8) is 0 Å². The van der Waals surface area contributed by atoms with Crippen molar-refractivity contribution >= 4 is 28.0 Å². The zero-order valence-electron chi connectivity index (χ0n) is 14.5. The number of aromatic nitrogens is 2. The summed E-state index contributed by atoms with van der Waals surface area (Å²) in [7, 11) is 1.61. The monoisotopic (exact) mass is 355 g/mol. The van der Waals surface area contributed by atoms with Crippen LogP contribution >= 0.6 is 11.3 Å². The number of hydrogen-bond acceptors (Lipinski definition) is 4. The number of carbonyl (C=O) groups excluding carboxylic acids is 1. The molecule has 2 heterocycles. The molecule has 6 heteroatoms. The Morgan fingerprint density at radius 3 is 2.56 bits per heavy atom. The quantitative estimate of drug-likeness (QED) is 0.765. The minimum Gasteiger partial charge on any atom is -0.348 e. The van der Waals surface area contributed by atoms with Crippen LogP contribution in [0.1, 0.15) is 30.5 Å². The highest BCUT2D eigenvalue weighted by atomic mass is 32.1. The Balaban J connectivity index is 1.87. The number of benzene rings is 1. The highest BCUT2D eigenvalue weighted by Gasteiger charge is 2.20. The van der Waals surface area contributed by atoms with E-state index in [1.165, 1.54) is 4.68 Å². The molecule has 3 aromatic rings.